The Morgan fingerprint density at radius 3 is 2.34 bits per heavy atom. The van der Waals surface area contributed by atoms with Crippen molar-refractivity contribution in [3.63, 3.8) is 0 Å². The third-order valence-electron chi connectivity index (χ3n) is 4.86. The first-order valence-corrected chi connectivity index (χ1v) is 10.7. The maximum Gasteiger partial charge on any atom is 0.265 e. The molecule has 0 amide bonds. The van der Waals surface area contributed by atoms with Crippen LogP contribution in [0.1, 0.15) is 29.7 Å². The van der Waals surface area contributed by atoms with Crippen LogP contribution in [0.15, 0.2) is 71.6 Å². The molecule has 0 heterocycles. The highest BCUT2D eigenvalue weighted by molar-refractivity contribution is 7.92. The first-order valence-electron chi connectivity index (χ1n) is 9.25. The van der Waals surface area contributed by atoms with Crippen LogP contribution in [0, 0.1) is 19.7 Å². The molecule has 0 spiro atoms. The van der Waals surface area contributed by atoms with E-state index >= 15 is 0 Å². The molecule has 3 rings (SSSR count). The van der Waals surface area contributed by atoms with E-state index in [9.17, 15) is 12.8 Å². The molecular formula is C23H24FNO3S. The number of hydrogen-bond acceptors (Lipinski definition) is 3. The molecule has 0 aliphatic heterocycles. The lowest BCUT2D eigenvalue weighted by Crippen LogP contribution is -2.34. The summed E-state index contributed by atoms with van der Waals surface area (Å²) in [7, 11) is -2.44. The van der Waals surface area contributed by atoms with Crippen LogP contribution >= 0.6 is 0 Å². The lowest BCUT2D eigenvalue weighted by molar-refractivity contribution is 0.415. The van der Waals surface area contributed by atoms with Gasteiger partial charge in [-0.1, -0.05) is 35.9 Å². The third kappa shape index (κ3) is 4.27. The van der Waals surface area contributed by atoms with Gasteiger partial charge in [-0.3, -0.25) is 4.31 Å². The maximum absolute atomic E-state index is 13.7. The molecule has 1 unspecified atom stereocenters. The van der Waals surface area contributed by atoms with Gasteiger partial charge in [0.2, 0.25) is 0 Å². The predicted molar refractivity (Wildman–Crippen MR) is 113 cm³/mol. The fourth-order valence-electron chi connectivity index (χ4n) is 3.39. The van der Waals surface area contributed by atoms with Gasteiger partial charge in [0.05, 0.1) is 23.7 Å². The summed E-state index contributed by atoms with van der Waals surface area (Å²) in [5.74, 6) is 0.0797. The Balaban J connectivity index is 2.21. The van der Waals surface area contributed by atoms with E-state index < -0.39 is 21.9 Å². The fraction of sp³-hybridized carbons (Fsp3) is 0.217. The van der Waals surface area contributed by atoms with Gasteiger partial charge in [0.25, 0.3) is 10.0 Å². The molecule has 152 valence electrons. The molecule has 1 atom stereocenters. The fourth-order valence-corrected chi connectivity index (χ4v) is 5.24. The highest BCUT2D eigenvalue weighted by atomic mass is 32.2. The Labute approximate surface area is 171 Å². The van der Waals surface area contributed by atoms with E-state index in [0.717, 1.165) is 11.1 Å². The van der Waals surface area contributed by atoms with Gasteiger partial charge in [0, 0.05) is 6.07 Å². The molecular weight excluding hydrogens is 389 g/mol. The zero-order valence-electron chi connectivity index (χ0n) is 16.9. The molecule has 0 radical (unpaired) electrons. The summed E-state index contributed by atoms with van der Waals surface area (Å²) < 4.78 is 47.7. The van der Waals surface area contributed by atoms with Crippen molar-refractivity contribution in [3.05, 3.63) is 89.2 Å². The van der Waals surface area contributed by atoms with Gasteiger partial charge < -0.3 is 4.74 Å². The summed E-state index contributed by atoms with van der Waals surface area (Å²) in [6.45, 7) is 5.40. The smallest absolute Gasteiger partial charge is 0.265 e. The number of rotatable bonds is 6. The molecule has 3 aromatic rings. The number of halogens is 1. The van der Waals surface area contributed by atoms with Crippen molar-refractivity contribution in [2.24, 2.45) is 0 Å². The number of nitrogens with zero attached hydrogens (tertiary/aromatic N) is 1. The summed E-state index contributed by atoms with van der Waals surface area (Å²) in [6.07, 6.45) is 0. The van der Waals surface area contributed by atoms with Crippen molar-refractivity contribution in [1.29, 1.82) is 0 Å². The largest absolute Gasteiger partial charge is 0.497 e. The number of anilines is 1. The predicted octanol–water partition coefficient (Wildman–Crippen LogP) is 5.41. The average Bonchev–Trinajstić information content (AvgIpc) is 2.67. The van der Waals surface area contributed by atoms with Gasteiger partial charge >= 0.3 is 0 Å². The highest BCUT2D eigenvalue weighted by Gasteiger charge is 2.32. The maximum atomic E-state index is 13.7. The molecule has 0 N–H and O–H groups in total. The molecule has 0 aliphatic rings. The molecule has 4 nitrogen and oxygen atoms in total. The second-order valence-corrected chi connectivity index (χ2v) is 8.79. The van der Waals surface area contributed by atoms with E-state index in [2.05, 4.69) is 0 Å². The minimum Gasteiger partial charge on any atom is -0.497 e. The van der Waals surface area contributed by atoms with Gasteiger partial charge in [-0.25, -0.2) is 12.8 Å². The third-order valence-corrected chi connectivity index (χ3v) is 6.92. The molecule has 0 saturated heterocycles. The van der Waals surface area contributed by atoms with Crippen molar-refractivity contribution in [2.45, 2.75) is 31.7 Å². The molecule has 0 aliphatic carbocycles. The Morgan fingerprint density at radius 2 is 1.69 bits per heavy atom. The topological polar surface area (TPSA) is 46.6 Å². The lowest BCUT2D eigenvalue weighted by Gasteiger charge is -2.31. The van der Waals surface area contributed by atoms with Gasteiger partial charge in [-0.2, -0.15) is 0 Å². The molecule has 0 fully saturated rings. The standard InChI is InChI=1S/C23H24FNO3S/c1-16-7-5-8-19(13-16)18(3)25(21-9-6-10-22(15-21)28-4)29(26,27)23-12-11-20(24)14-17(23)2/h5-15,18H,1-4H3. The van der Waals surface area contributed by atoms with Crippen LogP contribution in [-0.2, 0) is 10.0 Å². The second kappa shape index (κ2) is 8.25. The van der Waals surface area contributed by atoms with Crippen LogP contribution in [0.25, 0.3) is 0 Å². The molecule has 0 aromatic heterocycles. The van der Waals surface area contributed by atoms with Crippen LogP contribution in [0.3, 0.4) is 0 Å². The van der Waals surface area contributed by atoms with E-state index in [0.29, 0.717) is 17.0 Å². The molecule has 0 saturated carbocycles. The molecule has 3 aromatic carbocycles. The van der Waals surface area contributed by atoms with Crippen LogP contribution in [0.5, 0.6) is 5.75 Å². The van der Waals surface area contributed by atoms with E-state index in [1.54, 1.807) is 31.2 Å². The van der Waals surface area contributed by atoms with Crippen LogP contribution in [0.4, 0.5) is 10.1 Å². The van der Waals surface area contributed by atoms with Gasteiger partial charge in [0.15, 0.2) is 0 Å². The second-order valence-electron chi connectivity index (χ2n) is 7.00. The van der Waals surface area contributed by atoms with Crippen molar-refractivity contribution < 1.29 is 17.5 Å². The molecule has 0 bridgehead atoms. The van der Waals surface area contributed by atoms with Crippen molar-refractivity contribution in [3.8, 4) is 5.75 Å². The van der Waals surface area contributed by atoms with Gasteiger partial charge in [-0.05, 0) is 62.2 Å². The molecule has 29 heavy (non-hydrogen) atoms. The van der Waals surface area contributed by atoms with Crippen molar-refractivity contribution >= 4 is 15.7 Å². The number of ether oxygens (including phenoxy) is 1. The highest BCUT2D eigenvalue weighted by Crippen LogP contribution is 2.36. The average molecular weight is 414 g/mol. The van der Waals surface area contributed by atoms with E-state index in [-0.39, 0.29) is 4.90 Å². The van der Waals surface area contributed by atoms with Gasteiger partial charge in [-0.15, -0.1) is 0 Å². The van der Waals surface area contributed by atoms with E-state index in [4.69, 9.17) is 4.74 Å². The Hall–Kier alpha value is -2.86. The summed E-state index contributed by atoms with van der Waals surface area (Å²) in [5, 5.41) is 0. The number of methoxy groups -OCH3 is 1. The summed E-state index contributed by atoms with van der Waals surface area (Å²) in [4.78, 5) is 0.0706. The first kappa shape index (κ1) is 20.9. The SMILES string of the molecule is COc1cccc(N(C(C)c2cccc(C)c2)S(=O)(=O)c2ccc(F)cc2C)c1. The monoisotopic (exact) mass is 413 g/mol. The Bertz CT molecular complexity index is 1130. The van der Waals surface area contributed by atoms with Gasteiger partial charge in [0.1, 0.15) is 11.6 Å². The number of sulfonamides is 1. The minimum absolute atomic E-state index is 0.0706. The Morgan fingerprint density at radius 1 is 0.966 bits per heavy atom. The van der Waals surface area contributed by atoms with Crippen molar-refractivity contribution in [2.75, 3.05) is 11.4 Å². The van der Waals surface area contributed by atoms with E-state index in [1.165, 1.54) is 29.6 Å². The quantitative estimate of drug-likeness (QED) is 0.543. The zero-order chi connectivity index (χ0) is 21.2. The summed E-state index contributed by atoms with van der Waals surface area (Å²) in [6, 6.07) is 17.9. The minimum atomic E-state index is -3.98. The first-order chi connectivity index (χ1) is 13.7. The lowest BCUT2D eigenvalue weighted by atomic mass is 10.1. The van der Waals surface area contributed by atoms with E-state index in [1.807, 2.05) is 38.1 Å². The zero-order valence-corrected chi connectivity index (χ0v) is 17.7. The van der Waals surface area contributed by atoms with Crippen LogP contribution in [0.2, 0.25) is 0 Å². The summed E-state index contributed by atoms with van der Waals surface area (Å²) in [5.41, 5.74) is 2.72. The van der Waals surface area contributed by atoms with Crippen LogP contribution < -0.4 is 9.04 Å². The van der Waals surface area contributed by atoms with Crippen molar-refractivity contribution in [1.82, 2.24) is 0 Å². The summed E-state index contributed by atoms with van der Waals surface area (Å²) >= 11 is 0. The van der Waals surface area contributed by atoms with Crippen LogP contribution in [-0.4, -0.2) is 15.5 Å². The number of hydrogen-bond donors (Lipinski definition) is 0. The molecule has 6 heteroatoms. The Kier molecular flexibility index (Phi) is 5.94. The normalized spacial score (nSPS) is 12.4. The number of aryl methyl sites for hydroxylation is 2. The number of benzene rings is 3.